The molecule has 0 bridgehead atoms. The maximum absolute atomic E-state index is 12.2. The van der Waals surface area contributed by atoms with Crippen molar-refractivity contribution in [2.75, 3.05) is 19.4 Å². The van der Waals surface area contributed by atoms with Crippen LogP contribution in [-0.4, -0.2) is 48.0 Å². The van der Waals surface area contributed by atoms with Crippen LogP contribution in [0.2, 0.25) is 0 Å². The Balaban J connectivity index is 2.03. The molecule has 25 heavy (non-hydrogen) atoms. The average molecular weight is 378 g/mol. The molecule has 0 aliphatic rings. The fraction of sp³-hybridized carbons (Fsp3) is 0.133. The highest BCUT2D eigenvalue weighted by molar-refractivity contribution is 7.89. The van der Waals surface area contributed by atoms with Crippen molar-refractivity contribution in [1.82, 2.24) is 14.3 Å². The number of carbonyl (C=O) groups is 1. The van der Waals surface area contributed by atoms with E-state index < -0.39 is 16.1 Å². The summed E-state index contributed by atoms with van der Waals surface area (Å²) >= 11 is 1.20. The third-order valence-corrected chi connectivity index (χ3v) is 6.14. The van der Waals surface area contributed by atoms with Crippen LogP contribution in [-0.2, 0) is 10.0 Å². The van der Waals surface area contributed by atoms with Crippen LogP contribution < -0.4 is 5.32 Å². The summed E-state index contributed by atoms with van der Waals surface area (Å²) in [6, 6.07) is 6.92. The van der Waals surface area contributed by atoms with Crippen LogP contribution in [0.1, 0.15) is 0 Å². The van der Waals surface area contributed by atoms with Gasteiger partial charge in [0.25, 0.3) is 0 Å². The number of fused-ring (bicyclic) bond motifs is 1. The van der Waals surface area contributed by atoms with Gasteiger partial charge in [-0.15, -0.1) is 0 Å². The number of carboxylic acid groups (broad SMARTS) is 1. The SMILES string of the molecule is CN(C)S(=O)(=O)c1cncc(-c2ccc3nc(NC(=O)O)sc3c2)c1. The van der Waals surface area contributed by atoms with Gasteiger partial charge in [0.1, 0.15) is 4.90 Å². The second-order valence-corrected chi connectivity index (χ2v) is 8.51. The number of rotatable bonds is 4. The van der Waals surface area contributed by atoms with Gasteiger partial charge in [-0.25, -0.2) is 22.5 Å². The minimum atomic E-state index is -3.57. The van der Waals surface area contributed by atoms with Gasteiger partial charge in [-0.3, -0.25) is 10.3 Å². The molecule has 3 rings (SSSR count). The van der Waals surface area contributed by atoms with Gasteiger partial charge in [-0.1, -0.05) is 17.4 Å². The summed E-state index contributed by atoms with van der Waals surface area (Å²) in [4.78, 5) is 19.0. The number of hydrogen-bond donors (Lipinski definition) is 2. The molecule has 1 aromatic carbocycles. The zero-order valence-electron chi connectivity index (χ0n) is 13.3. The van der Waals surface area contributed by atoms with E-state index in [2.05, 4.69) is 15.3 Å². The molecule has 2 heterocycles. The molecule has 0 radical (unpaired) electrons. The predicted molar refractivity (Wildman–Crippen MR) is 95.4 cm³/mol. The highest BCUT2D eigenvalue weighted by atomic mass is 32.2. The van der Waals surface area contributed by atoms with Gasteiger partial charge in [0, 0.05) is 32.1 Å². The number of sulfonamides is 1. The minimum absolute atomic E-state index is 0.104. The Morgan fingerprint density at radius 3 is 2.64 bits per heavy atom. The number of nitrogens with one attached hydrogen (secondary N) is 1. The molecule has 0 saturated heterocycles. The van der Waals surface area contributed by atoms with E-state index in [4.69, 9.17) is 5.11 Å². The molecular formula is C15H14N4O4S2. The van der Waals surface area contributed by atoms with Gasteiger partial charge in [0.2, 0.25) is 10.0 Å². The minimum Gasteiger partial charge on any atom is -0.465 e. The molecular weight excluding hydrogens is 364 g/mol. The smallest absolute Gasteiger partial charge is 0.410 e. The zero-order valence-corrected chi connectivity index (χ0v) is 14.9. The number of aromatic nitrogens is 2. The van der Waals surface area contributed by atoms with E-state index in [1.54, 1.807) is 24.4 Å². The molecule has 0 aliphatic carbocycles. The van der Waals surface area contributed by atoms with Crippen LogP contribution in [0, 0.1) is 0 Å². The van der Waals surface area contributed by atoms with Crippen LogP contribution >= 0.6 is 11.3 Å². The molecule has 0 spiro atoms. The summed E-state index contributed by atoms with van der Waals surface area (Å²) in [7, 11) is -0.652. The molecule has 0 fully saturated rings. The maximum Gasteiger partial charge on any atom is 0.410 e. The lowest BCUT2D eigenvalue weighted by atomic mass is 10.1. The molecule has 0 atom stereocenters. The normalized spacial score (nSPS) is 11.8. The zero-order chi connectivity index (χ0) is 18.2. The molecule has 0 unspecified atom stereocenters. The van der Waals surface area contributed by atoms with E-state index in [1.165, 1.54) is 31.6 Å². The Kier molecular flexibility index (Phi) is 4.41. The Bertz CT molecular complexity index is 1060. The van der Waals surface area contributed by atoms with Gasteiger partial charge in [0.15, 0.2) is 5.13 Å². The third-order valence-electron chi connectivity index (χ3n) is 3.43. The van der Waals surface area contributed by atoms with E-state index in [0.29, 0.717) is 11.1 Å². The first kappa shape index (κ1) is 17.3. The molecule has 2 aromatic heterocycles. The second kappa shape index (κ2) is 6.39. The molecule has 3 aromatic rings. The van der Waals surface area contributed by atoms with E-state index in [1.807, 2.05) is 6.07 Å². The summed E-state index contributed by atoms with van der Waals surface area (Å²) in [6.45, 7) is 0. The number of pyridine rings is 1. The molecule has 130 valence electrons. The van der Waals surface area contributed by atoms with Crippen molar-refractivity contribution in [1.29, 1.82) is 0 Å². The lowest BCUT2D eigenvalue weighted by Crippen LogP contribution is -2.22. The van der Waals surface area contributed by atoms with Crippen LogP contribution in [0.4, 0.5) is 9.93 Å². The highest BCUT2D eigenvalue weighted by Crippen LogP contribution is 2.31. The fourth-order valence-corrected chi connectivity index (χ4v) is 3.96. The summed E-state index contributed by atoms with van der Waals surface area (Å²) < 4.78 is 26.4. The van der Waals surface area contributed by atoms with Gasteiger partial charge in [-0.2, -0.15) is 0 Å². The van der Waals surface area contributed by atoms with E-state index >= 15 is 0 Å². The van der Waals surface area contributed by atoms with Crippen molar-refractivity contribution in [3.8, 4) is 11.1 Å². The predicted octanol–water partition coefficient (Wildman–Crippen LogP) is 2.70. The molecule has 10 heteroatoms. The molecule has 0 saturated carbocycles. The molecule has 1 amide bonds. The number of anilines is 1. The van der Waals surface area contributed by atoms with E-state index in [9.17, 15) is 13.2 Å². The van der Waals surface area contributed by atoms with Gasteiger partial charge < -0.3 is 5.11 Å². The Hall–Kier alpha value is -2.56. The van der Waals surface area contributed by atoms with Crippen molar-refractivity contribution in [3.05, 3.63) is 36.7 Å². The van der Waals surface area contributed by atoms with Crippen LogP contribution in [0.5, 0.6) is 0 Å². The number of thiazole rings is 1. The highest BCUT2D eigenvalue weighted by Gasteiger charge is 2.18. The maximum atomic E-state index is 12.2. The van der Waals surface area contributed by atoms with Crippen molar-refractivity contribution < 1.29 is 18.3 Å². The van der Waals surface area contributed by atoms with Crippen molar-refractivity contribution in [3.63, 3.8) is 0 Å². The van der Waals surface area contributed by atoms with E-state index in [0.717, 1.165) is 14.6 Å². The Morgan fingerprint density at radius 2 is 1.96 bits per heavy atom. The molecule has 8 nitrogen and oxygen atoms in total. The molecule has 0 aliphatic heterocycles. The van der Waals surface area contributed by atoms with Gasteiger partial charge >= 0.3 is 6.09 Å². The second-order valence-electron chi connectivity index (χ2n) is 5.33. The van der Waals surface area contributed by atoms with Crippen LogP contribution in [0.25, 0.3) is 21.3 Å². The van der Waals surface area contributed by atoms with Crippen molar-refractivity contribution >= 4 is 42.8 Å². The summed E-state index contributed by atoms with van der Waals surface area (Å²) in [5.41, 5.74) is 2.06. The number of benzene rings is 1. The average Bonchev–Trinajstić information content (AvgIpc) is 2.95. The first-order valence-corrected chi connectivity index (χ1v) is 9.31. The van der Waals surface area contributed by atoms with E-state index in [-0.39, 0.29) is 10.0 Å². The van der Waals surface area contributed by atoms with Crippen molar-refractivity contribution in [2.24, 2.45) is 0 Å². The summed E-state index contributed by atoms with van der Waals surface area (Å²) in [5, 5.41) is 11.3. The lowest BCUT2D eigenvalue weighted by Gasteiger charge is -2.11. The third kappa shape index (κ3) is 3.45. The largest absolute Gasteiger partial charge is 0.465 e. The van der Waals surface area contributed by atoms with Crippen LogP contribution in [0.3, 0.4) is 0 Å². The Labute approximate surface area is 147 Å². The quantitative estimate of drug-likeness (QED) is 0.722. The number of nitrogens with zero attached hydrogens (tertiary/aromatic N) is 3. The van der Waals surface area contributed by atoms with Crippen LogP contribution in [0.15, 0.2) is 41.6 Å². The standard InChI is InChI=1S/C15H14N4O4S2/c1-19(2)25(22,23)11-5-10(7-16-8-11)9-3-4-12-13(6-9)24-14(17-12)18-15(20)21/h3-8H,1-2H3,(H,17,18)(H,20,21). The topological polar surface area (TPSA) is 112 Å². The monoisotopic (exact) mass is 378 g/mol. The molecule has 2 N–H and O–H groups in total. The Morgan fingerprint density at radius 1 is 1.20 bits per heavy atom. The first-order valence-electron chi connectivity index (χ1n) is 7.06. The fourth-order valence-electron chi connectivity index (χ4n) is 2.18. The number of hydrogen-bond acceptors (Lipinski definition) is 6. The summed E-state index contributed by atoms with van der Waals surface area (Å²) in [5.74, 6) is 0. The van der Waals surface area contributed by atoms with Gasteiger partial charge in [-0.05, 0) is 23.8 Å². The number of amides is 1. The van der Waals surface area contributed by atoms with Gasteiger partial charge in [0.05, 0.1) is 10.2 Å². The lowest BCUT2D eigenvalue weighted by molar-refractivity contribution is 0.209. The van der Waals surface area contributed by atoms with Crippen molar-refractivity contribution in [2.45, 2.75) is 4.90 Å². The summed E-state index contributed by atoms with van der Waals surface area (Å²) in [6.07, 6.45) is 1.71. The first-order chi connectivity index (χ1) is 11.8.